The number of aromatic nitrogens is 1. The highest BCUT2D eigenvalue weighted by molar-refractivity contribution is 7.61. The molecule has 2 aromatic rings. The van der Waals surface area contributed by atoms with E-state index in [0.29, 0.717) is 5.75 Å². The van der Waals surface area contributed by atoms with Gasteiger partial charge in [0.05, 0.1) is 0 Å². The van der Waals surface area contributed by atoms with Gasteiger partial charge in [-0.25, -0.2) is 4.57 Å². The van der Waals surface area contributed by atoms with Crippen LogP contribution in [0.4, 0.5) is 0 Å². The third-order valence-electron chi connectivity index (χ3n) is 2.29. The number of nitrogens with zero attached hydrogens (tertiary/aromatic N) is 1. The van der Waals surface area contributed by atoms with E-state index in [1.165, 1.54) is 0 Å². The predicted molar refractivity (Wildman–Crippen MR) is 64.1 cm³/mol. The van der Waals surface area contributed by atoms with E-state index in [4.69, 9.17) is 4.52 Å². The lowest BCUT2D eigenvalue weighted by Gasteiger charge is -2.10. The average molecular weight is 250 g/mol. The maximum absolute atomic E-state index is 12.1. The molecule has 2 rings (SSSR count). The first-order chi connectivity index (χ1) is 8.09. The summed E-state index contributed by atoms with van der Waals surface area (Å²) in [6.45, 7) is 0. The van der Waals surface area contributed by atoms with Crippen molar-refractivity contribution in [2.45, 2.75) is 0 Å². The van der Waals surface area contributed by atoms with Crippen molar-refractivity contribution in [2.24, 2.45) is 7.05 Å². The molecule has 0 bridgehead atoms. The maximum atomic E-state index is 12.1. The first kappa shape index (κ1) is 11.8. The Morgan fingerprint density at radius 3 is 2.41 bits per heavy atom. The van der Waals surface area contributed by atoms with Gasteiger partial charge in [0.15, 0.2) is 6.20 Å². The fourth-order valence-corrected chi connectivity index (χ4v) is 2.72. The first-order valence-electron chi connectivity index (χ1n) is 5.12. The molecule has 0 spiro atoms. The molecular weight excluding hydrogens is 237 g/mol. The second-order valence-corrected chi connectivity index (χ2v) is 5.28. The molecule has 0 aliphatic rings. The van der Waals surface area contributed by atoms with Crippen LogP contribution in [0, 0.1) is 0 Å². The van der Waals surface area contributed by atoms with Crippen molar-refractivity contribution in [3.8, 4) is 5.75 Å². The van der Waals surface area contributed by atoms with Crippen LogP contribution in [-0.2, 0) is 11.6 Å². The van der Waals surface area contributed by atoms with E-state index >= 15 is 0 Å². The highest BCUT2D eigenvalue weighted by Crippen LogP contribution is 2.39. The van der Waals surface area contributed by atoms with Crippen LogP contribution >= 0.6 is 7.60 Å². The zero-order valence-corrected chi connectivity index (χ0v) is 10.2. The van der Waals surface area contributed by atoms with Crippen molar-refractivity contribution >= 4 is 13.0 Å². The summed E-state index contributed by atoms with van der Waals surface area (Å²) >= 11 is 0. The van der Waals surface area contributed by atoms with Gasteiger partial charge in [-0.2, -0.15) is 4.57 Å². The summed E-state index contributed by atoms with van der Waals surface area (Å²) in [6, 6.07) is 13.7. The quantitative estimate of drug-likeness (QED) is 0.661. The van der Waals surface area contributed by atoms with Crippen LogP contribution in [0.2, 0.25) is 0 Å². The minimum Gasteiger partial charge on any atom is -0.418 e. The smallest absolute Gasteiger partial charge is 0.418 e. The highest BCUT2D eigenvalue weighted by Gasteiger charge is 2.33. The molecule has 0 saturated heterocycles. The number of pyridine rings is 1. The molecule has 5 heteroatoms. The Kier molecular flexibility index (Phi) is 3.27. The van der Waals surface area contributed by atoms with Gasteiger partial charge in [0, 0.05) is 12.1 Å². The lowest BCUT2D eigenvalue weighted by Crippen LogP contribution is -2.45. The second kappa shape index (κ2) is 4.70. The molecule has 0 radical (unpaired) electrons. The van der Waals surface area contributed by atoms with Crippen molar-refractivity contribution in [1.82, 2.24) is 0 Å². The SMILES string of the molecule is C[n+]1ccccc1P(=O)(O)Oc1ccccc1. The third-order valence-corrected chi connectivity index (χ3v) is 3.79. The van der Waals surface area contributed by atoms with Crippen molar-refractivity contribution in [1.29, 1.82) is 0 Å². The first-order valence-corrected chi connectivity index (χ1v) is 6.70. The largest absolute Gasteiger partial charge is 0.471 e. The van der Waals surface area contributed by atoms with Gasteiger partial charge in [0.2, 0.25) is 0 Å². The summed E-state index contributed by atoms with van der Waals surface area (Å²) in [7, 11) is -2.14. The van der Waals surface area contributed by atoms with Gasteiger partial charge >= 0.3 is 13.0 Å². The molecule has 1 unspecified atom stereocenters. The average Bonchev–Trinajstić information content (AvgIpc) is 2.30. The topological polar surface area (TPSA) is 50.4 Å². The summed E-state index contributed by atoms with van der Waals surface area (Å²) < 4.78 is 18.9. The van der Waals surface area contributed by atoms with E-state index in [1.807, 2.05) is 6.07 Å². The zero-order valence-electron chi connectivity index (χ0n) is 9.35. The molecule has 0 amide bonds. The van der Waals surface area contributed by atoms with Gasteiger partial charge in [0.1, 0.15) is 12.8 Å². The van der Waals surface area contributed by atoms with Gasteiger partial charge in [-0.1, -0.05) is 18.2 Å². The van der Waals surface area contributed by atoms with Crippen LogP contribution in [0.15, 0.2) is 54.7 Å². The van der Waals surface area contributed by atoms with Crippen LogP contribution < -0.4 is 14.5 Å². The fourth-order valence-electron chi connectivity index (χ4n) is 1.48. The molecule has 1 N–H and O–H groups in total. The van der Waals surface area contributed by atoms with Crippen LogP contribution in [0.25, 0.3) is 0 Å². The zero-order chi connectivity index (χ0) is 12.3. The molecule has 1 aromatic heterocycles. The van der Waals surface area contributed by atoms with Crippen molar-refractivity contribution < 1.29 is 18.5 Å². The normalized spacial score (nSPS) is 14.0. The number of hydrogen-bond donors (Lipinski definition) is 1. The molecule has 0 aliphatic carbocycles. The molecule has 88 valence electrons. The van der Waals surface area contributed by atoms with Crippen molar-refractivity contribution in [3.05, 3.63) is 54.7 Å². The lowest BCUT2D eigenvalue weighted by molar-refractivity contribution is -0.654. The van der Waals surface area contributed by atoms with Gasteiger partial charge < -0.3 is 9.42 Å². The molecular formula is C12H13NO3P+. The molecule has 1 atom stereocenters. The Bertz CT molecular complexity index is 557. The number of rotatable bonds is 3. The molecule has 17 heavy (non-hydrogen) atoms. The fraction of sp³-hybridized carbons (Fsp3) is 0.0833. The van der Waals surface area contributed by atoms with E-state index in [0.717, 1.165) is 0 Å². The number of para-hydroxylation sites is 1. The van der Waals surface area contributed by atoms with E-state index in [-0.39, 0.29) is 5.44 Å². The standard InChI is InChI=1S/C12H12NO3P/c1-13-10-6-5-9-12(13)17(14,15)16-11-7-3-2-4-8-11/h2-10H,1H3/p+1. The molecule has 0 aliphatic heterocycles. The van der Waals surface area contributed by atoms with E-state index < -0.39 is 7.60 Å². The molecule has 0 fully saturated rings. The molecule has 0 saturated carbocycles. The van der Waals surface area contributed by atoms with Gasteiger partial charge in [0.25, 0.3) is 0 Å². The Morgan fingerprint density at radius 2 is 1.76 bits per heavy atom. The van der Waals surface area contributed by atoms with Crippen LogP contribution in [-0.4, -0.2) is 4.89 Å². The number of benzene rings is 1. The van der Waals surface area contributed by atoms with E-state index in [1.54, 1.807) is 60.3 Å². The van der Waals surface area contributed by atoms with E-state index in [2.05, 4.69) is 0 Å². The Balaban J connectivity index is 2.32. The predicted octanol–water partition coefficient (Wildman–Crippen LogP) is 1.40. The third kappa shape index (κ3) is 2.73. The van der Waals surface area contributed by atoms with Crippen molar-refractivity contribution in [3.63, 3.8) is 0 Å². The second-order valence-electron chi connectivity index (χ2n) is 3.59. The maximum Gasteiger partial charge on any atom is 0.471 e. The monoisotopic (exact) mass is 250 g/mol. The Hall–Kier alpha value is -1.64. The molecule has 4 nitrogen and oxygen atoms in total. The van der Waals surface area contributed by atoms with E-state index in [9.17, 15) is 9.46 Å². The van der Waals surface area contributed by atoms with Crippen LogP contribution in [0.1, 0.15) is 0 Å². The number of hydrogen-bond acceptors (Lipinski definition) is 2. The summed E-state index contributed by atoms with van der Waals surface area (Å²) in [4.78, 5) is 9.93. The Labute approximate surface area is 99.7 Å². The minimum atomic E-state index is -3.84. The summed E-state index contributed by atoms with van der Waals surface area (Å²) in [5.74, 6) is 0.377. The van der Waals surface area contributed by atoms with Gasteiger partial charge in [-0.3, -0.25) is 0 Å². The van der Waals surface area contributed by atoms with Crippen LogP contribution in [0.5, 0.6) is 5.75 Å². The van der Waals surface area contributed by atoms with Gasteiger partial charge in [-0.05, 0) is 18.2 Å². The molecule has 1 heterocycles. The highest BCUT2D eigenvalue weighted by atomic mass is 31.2. The van der Waals surface area contributed by atoms with Gasteiger partial charge in [-0.15, -0.1) is 0 Å². The summed E-state index contributed by atoms with van der Waals surface area (Å²) in [6.07, 6.45) is 1.70. The minimum absolute atomic E-state index is 0.254. The summed E-state index contributed by atoms with van der Waals surface area (Å²) in [5, 5.41) is 0. The van der Waals surface area contributed by atoms with Crippen molar-refractivity contribution in [2.75, 3.05) is 0 Å². The Morgan fingerprint density at radius 1 is 1.12 bits per heavy atom. The molecule has 1 aromatic carbocycles. The lowest BCUT2D eigenvalue weighted by atomic mass is 10.3. The summed E-state index contributed by atoms with van der Waals surface area (Å²) in [5.41, 5.74) is 0.254. The van der Waals surface area contributed by atoms with Crippen LogP contribution in [0.3, 0.4) is 0 Å². The number of aryl methyl sites for hydroxylation is 1.